The summed E-state index contributed by atoms with van der Waals surface area (Å²) in [5.74, 6) is 1.12. The minimum absolute atomic E-state index is 0.234. The van der Waals surface area contributed by atoms with E-state index >= 15 is 0 Å². The fourth-order valence-corrected chi connectivity index (χ4v) is 4.83. The Kier molecular flexibility index (Phi) is 8.05. The number of rotatable bonds is 10. The van der Waals surface area contributed by atoms with Crippen molar-refractivity contribution in [3.8, 4) is 17.2 Å². The van der Waals surface area contributed by atoms with E-state index in [0.717, 1.165) is 10.4 Å². The molecule has 0 unspecified atom stereocenters. The predicted molar refractivity (Wildman–Crippen MR) is 139 cm³/mol. The largest absolute Gasteiger partial charge is 0.490 e. The Hall–Kier alpha value is -3.36. The van der Waals surface area contributed by atoms with Crippen LogP contribution in [0.2, 0.25) is 5.02 Å². The molecule has 35 heavy (non-hydrogen) atoms. The van der Waals surface area contributed by atoms with Gasteiger partial charge in [-0.1, -0.05) is 35.1 Å². The maximum atomic E-state index is 14.0. The fraction of sp³-hybridized carbons (Fsp3) is 0.269. The molecule has 0 saturated heterocycles. The number of nitrogens with zero attached hydrogens (tertiary/aromatic N) is 3. The highest BCUT2D eigenvalue weighted by Gasteiger charge is 2.26. The first-order valence-corrected chi connectivity index (χ1v) is 12.6. The minimum Gasteiger partial charge on any atom is -0.490 e. The number of anilines is 1. The molecule has 0 atom stereocenters. The summed E-state index contributed by atoms with van der Waals surface area (Å²) in [6.45, 7) is 7.14. The maximum absolute atomic E-state index is 14.0. The first-order valence-electron chi connectivity index (χ1n) is 11.4. The van der Waals surface area contributed by atoms with E-state index in [9.17, 15) is 4.79 Å². The van der Waals surface area contributed by atoms with Gasteiger partial charge >= 0.3 is 0 Å². The molecule has 1 amide bonds. The number of thiazole rings is 1. The van der Waals surface area contributed by atoms with Crippen molar-refractivity contribution in [3.05, 3.63) is 71.0 Å². The Bertz CT molecular complexity index is 1290. The molecule has 0 N–H and O–H groups in total. The van der Waals surface area contributed by atoms with Crippen molar-refractivity contribution in [2.45, 2.75) is 27.3 Å². The molecule has 0 saturated carbocycles. The molecular weight excluding hydrogens is 486 g/mol. The number of para-hydroxylation sites is 1. The second kappa shape index (κ2) is 11.4. The molecule has 4 aromatic rings. The Morgan fingerprint density at radius 1 is 0.971 bits per heavy atom. The van der Waals surface area contributed by atoms with E-state index in [1.807, 2.05) is 51.1 Å². The molecular formula is C26H26ClN3O4S. The molecule has 182 valence electrons. The SMILES string of the molecule is CCOc1cc(C(=O)N(Cc2ccccn2)c2nc3c(Cl)cccc3s2)cc(OCC)c1OCC. The minimum atomic E-state index is -0.268. The predicted octanol–water partition coefficient (Wildman–Crippen LogP) is 6.39. The first kappa shape index (κ1) is 24.8. The molecule has 9 heteroatoms. The lowest BCUT2D eigenvalue weighted by atomic mass is 10.1. The third kappa shape index (κ3) is 5.49. The number of carbonyl (C=O) groups is 1. The Labute approximate surface area is 213 Å². The number of benzene rings is 2. The van der Waals surface area contributed by atoms with Crippen molar-refractivity contribution in [3.63, 3.8) is 0 Å². The zero-order valence-electron chi connectivity index (χ0n) is 19.8. The van der Waals surface area contributed by atoms with Crippen molar-refractivity contribution in [1.29, 1.82) is 0 Å². The van der Waals surface area contributed by atoms with Crippen LogP contribution in [0.5, 0.6) is 17.2 Å². The van der Waals surface area contributed by atoms with Crippen LogP contribution in [0.25, 0.3) is 10.2 Å². The summed E-state index contributed by atoms with van der Waals surface area (Å²) in [6, 6.07) is 14.6. The van der Waals surface area contributed by atoms with Gasteiger partial charge in [0.05, 0.1) is 41.8 Å². The molecule has 0 fully saturated rings. The van der Waals surface area contributed by atoms with Crippen molar-refractivity contribution >= 4 is 44.2 Å². The van der Waals surface area contributed by atoms with Gasteiger partial charge < -0.3 is 14.2 Å². The van der Waals surface area contributed by atoms with Gasteiger partial charge in [0.1, 0.15) is 5.52 Å². The third-order valence-corrected chi connectivity index (χ3v) is 6.39. The molecule has 0 bridgehead atoms. The maximum Gasteiger partial charge on any atom is 0.260 e. The van der Waals surface area contributed by atoms with Crippen LogP contribution in [0.4, 0.5) is 5.13 Å². The lowest BCUT2D eigenvalue weighted by molar-refractivity contribution is 0.0983. The van der Waals surface area contributed by atoms with Gasteiger partial charge in [-0.25, -0.2) is 4.98 Å². The highest BCUT2D eigenvalue weighted by molar-refractivity contribution is 7.22. The molecule has 0 aliphatic rings. The molecule has 0 radical (unpaired) electrons. The van der Waals surface area contributed by atoms with Gasteiger partial charge in [0.25, 0.3) is 5.91 Å². The number of ether oxygens (including phenoxy) is 3. The average molecular weight is 512 g/mol. The number of hydrogen-bond acceptors (Lipinski definition) is 7. The summed E-state index contributed by atoms with van der Waals surface area (Å²) in [5.41, 5.74) is 1.78. The number of hydrogen-bond donors (Lipinski definition) is 0. The monoisotopic (exact) mass is 511 g/mol. The highest BCUT2D eigenvalue weighted by Crippen LogP contribution is 2.40. The van der Waals surface area contributed by atoms with Gasteiger partial charge in [-0.05, 0) is 57.2 Å². The standard InChI is InChI=1S/C26H26ClN3O4S/c1-4-32-20-14-17(15-21(33-5-2)24(20)34-6-3)25(31)30(16-18-10-7-8-13-28-18)26-29-23-19(27)11-9-12-22(23)35-26/h7-15H,4-6,16H2,1-3H3. The van der Waals surface area contributed by atoms with Gasteiger partial charge in [-0.2, -0.15) is 0 Å². The smallest absolute Gasteiger partial charge is 0.260 e. The molecule has 2 aromatic carbocycles. The van der Waals surface area contributed by atoms with Gasteiger partial charge in [-0.3, -0.25) is 14.7 Å². The highest BCUT2D eigenvalue weighted by atomic mass is 35.5. The van der Waals surface area contributed by atoms with E-state index in [4.69, 9.17) is 30.8 Å². The quantitative estimate of drug-likeness (QED) is 0.246. The van der Waals surface area contributed by atoms with Gasteiger partial charge in [0.15, 0.2) is 16.6 Å². The van der Waals surface area contributed by atoms with E-state index in [0.29, 0.717) is 58.3 Å². The zero-order valence-corrected chi connectivity index (χ0v) is 21.4. The van der Waals surface area contributed by atoms with Crippen molar-refractivity contribution in [1.82, 2.24) is 9.97 Å². The molecule has 4 rings (SSSR count). The zero-order chi connectivity index (χ0) is 24.8. The summed E-state index contributed by atoms with van der Waals surface area (Å²) in [5, 5.41) is 1.06. The molecule has 0 aliphatic carbocycles. The molecule has 2 heterocycles. The summed E-state index contributed by atoms with van der Waals surface area (Å²) >= 11 is 7.77. The summed E-state index contributed by atoms with van der Waals surface area (Å²) in [7, 11) is 0. The number of amides is 1. The van der Waals surface area contributed by atoms with Crippen LogP contribution in [-0.2, 0) is 6.54 Å². The third-order valence-electron chi connectivity index (χ3n) is 5.04. The van der Waals surface area contributed by atoms with E-state index in [1.165, 1.54) is 11.3 Å². The molecule has 7 nitrogen and oxygen atoms in total. The van der Waals surface area contributed by atoms with Crippen LogP contribution in [0.3, 0.4) is 0 Å². The summed E-state index contributed by atoms with van der Waals surface area (Å²) < 4.78 is 18.3. The van der Waals surface area contributed by atoms with Crippen LogP contribution < -0.4 is 19.1 Å². The van der Waals surface area contributed by atoms with Crippen LogP contribution in [0.15, 0.2) is 54.7 Å². The number of fused-ring (bicyclic) bond motifs is 1. The number of pyridine rings is 1. The van der Waals surface area contributed by atoms with E-state index < -0.39 is 0 Å². The number of carbonyl (C=O) groups excluding carboxylic acids is 1. The van der Waals surface area contributed by atoms with Gasteiger partial charge in [0.2, 0.25) is 5.75 Å². The van der Waals surface area contributed by atoms with Crippen LogP contribution in [-0.4, -0.2) is 35.7 Å². The van der Waals surface area contributed by atoms with Crippen LogP contribution >= 0.6 is 22.9 Å². The lowest BCUT2D eigenvalue weighted by Gasteiger charge is -2.22. The van der Waals surface area contributed by atoms with Crippen LogP contribution in [0, 0.1) is 0 Å². The molecule has 0 aliphatic heterocycles. The normalized spacial score (nSPS) is 10.9. The van der Waals surface area contributed by atoms with E-state index in [1.54, 1.807) is 29.3 Å². The first-order chi connectivity index (χ1) is 17.0. The average Bonchev–Trinajstić information content (AvgIpc) is 3.30. The lowest BCUT2D eigenvalue weighted by Crippen LogP contribution is -2.30. The second-order valence-electron chi connectivity index (χ2n) is 7.40. The van der Waals surface area contributed by atoms with Crippen molar-refractivity contribution in [2.75, 3.05) is 24.7 Å². The van der Waals surface area contributed by atoms with E-state index in [-0.39, 0.29) is 12.5 Å². The summed E-state index contributed by atoms with van der Waals surface area (Å²) in [6.07, 6.45) is 1.70. The second-order valence-corrected chi connectivity index (χ2v) is 8.81. The fourth-order valence-electron chi connectivity index (χ4n) is 3.57. The molecule has 2 aromatic heterocycles. The topological polar surface area (TPSA) is 73.8 Å². The van der Waals surface area contributed by atoms with Gasteiger partial charge in [-0.15, -0.1) is 0 Å². The Morgan fingerprint density at radius 3 is 2.29 bits per heavy atom. The van der Waals surface area contributed by atoms with Crippen molar-refractivity contribution in [2.24, 2.45) is 0 Å². The number of aromatic nitrogens is 2. The van der Waals surface area contributed by atoms with Crippen LogP contribution in [0.1, 0.15) is 36.8 Å². The Balaban J connectivity index is 1.82. The number of halogens is 1. The van der Waals surface area contributed by atoms with E-state index in [2.05, 4.69) is 4.98 Å². The van der Waals surface area contributed by atoms with Crippen molar-refractivity contribution < 1.29 is 19.0 Å². The Morgan fingerprint density at radius 2 is 1.69 bits per heavy atom. The summed E-state index contributed by atoms with van der Waals surface area (Å²) in [4.78, 5) is 24.7. The molecule has 0 spiro atoms. The van der Waals surface area contributed by atoms with Gasteiger partial charge in [0, 0.05) is 11.8 Å².